The Kier molecular flexibility index (Phi) is 21.9. The van der Waals surface area contributed by atoms with Crippen LogP contribution < -0.4 is 0 Å². The summed E-state index contributed by atoms with van der Waals surface area (Å²) in [7, 11) is 0. The van der Waals surface area contributed by atoms with Gasteiger partial charge >= 0.3 is 5.97 Å². The molecular weight excluding hydrogens is 328 g/mol. The molecular formula is C22H46O4. The summed E-state index contributed by atoms with van der Waals surface area (Å²) in [6.45, 7) is 6.53. The Morgan fingerprint density at radius 3 is 1.54 bits per heavy atom. The van der Waals surface area contributed by atoms with E-state index in [9.17, 15) is 4.79 Å². The first-order valence-corrected chi connectivity index (χ1v) is 11.0. The predicted molar refractivity (Wildman–Crippen MR) is 110 cm³/mol. The third kappa shape index (κ3) is 31.2. The van der Waals surface area contributed by atoms with Crippen molar-refractivity contribution in [1.82, 2.24) is 0 Å². The van der Waals surface area contributed by atoms with Crippen molar-refractivity contribution in [3.63, 3.8) is 0 Å². The lowest BCUT2D eigenvalue weighted by atomic mass is 10.0. The van der Waals surface area contributed by atoms with E-state index in [0.717, 1.165) is 25.2 Å². The summed E-state index contributed by atoms with van der Waals surface area (Å²) < 4.78 is 6.16. The van der Waals surface area contributed by atoms with Gasteiger partial charge < -0.3 is 15.3 Å². The average molecular weight is 376 g/mol. The minimum Gasteiger partial charge on any atom is -0.481 e. The number of rotatable bonds is 18. The Balaban J connectivity index is 0. The molecule has 26 heavy (non-hydrogen) atoms. The summed E-state index contributed by atoms with van der Waals surface area (Å²) in [5, 5.41) is 20.8. The molecule has 4 heteroatoms. The Labute approximate surface area is 163 Å². The van der Waals surface area contributed by atoms with Gasteiger partial charge in [-0.25, -0.2) is 0 Å². The molecule has 0 amide bonds. The van der Waals surface area contributed by atoms with E-state index in [0.29, 0.717) is 12.8 Å². The van der Waals surface area contributed by atoms with E-state index >= 15 is 0 Å². The fourth-order valence-electron chi connectivity index (χ4n) is 2.84. The topological polar surface area (TPSA) is 77.8 Å². The Hall–Kier alpha value is -0.610. The Bertz CT molecular complexity index is 298. The van der Waals surface area contributed by atoms with Crippen molar-refractivity contribution < 1.29 is 20.1 Å². The first kappa shape index (κ1) is 25.4. The molecule has 0 rings (SSSR count). The van der Waals surface area contributed by atoms with E-state index in [-0.39, 0.29) is 0 Å². The van der Waals surface area contributed by atoms with Crippen LogP contribution >= 0.6 is 0 Å². The Morgan fingerprint density at radius 2 is 1.23 bits per heavy atom. The molecule has 0 aliphatic carbocycles. The predicted octanol–water partition coefficient (Wildman–Crippen LogP) is 6.29. The molecule has 1 unspecified atom stereocenters. The standard InChI is InChI=1S/C18H36O2.C4H10O2/c1-17(2)15-13-11-9-7-5-3-4-6-8-10-12-14-16-18(19)20;1-2-3-4(5)6/h17H,3-16H2,1-2H3,(H,19,20);4-6H,2-3H2,1H3/i;5D. The molecule has 0 fully saturated rings. The van der Waals surface area contributed by atoms with Crippen molar-refractivity contribution in [2.75, 3.05) is 0 Å². The van der Waals surface area contributed by atoms with E-state index in [1.165, 1.54) is 70.6 Å². The number of hydrogen-bond donors (Lipinski definition) is 3. The molecule has 0 aliphatic rings. The van der Waals surface area contributed by atoms with Crippen LogP contribution in [0, 0.1) is 5.92 Å². The maximum absolute atomic E-state index is 10.3. The summed E-state index contributed by atoms with van der Waals surface area (Å²) in [6.07, 6.45) is 17.8. The van der Waals surface area contributed by atoms with E-state index in [1.54, 1.807) is 0 Å². The minimum atomic E-state index is -0.884. The summed E-state index contributed by atoms with van der Waals surface area (Å²) in [4.78, 5) is 10.3. The van der Waals surface area contributed by atoms with Crippen LogP contribution in [0.15, 0.2) is 0 Å². The zero-order chi connectivity index (χ0) is 20.8. The fraction of sp³-hybridized carbons (Fsp3) is 0.955. The lowest BCUT2D eigenvalue weighted by Gasteiger charge is -2.04. The first-order chi connectivity index (χ1) is 12.9. The van der Waals surface area contributed by atoms with Crippen molar-refractivity contribution in [3.8, 4) is 0 Å². The van der Waals surface area contributed by atoms with Crippen LogP contribution in [0.1, 0.15) is 124 Å². The minimum absolute atomic E-state index is 0.344. The number of aliphatic hydroxyl groups excluding tert-OH is 1. The maximum atomic E-state index is 10.3. The highest BCUT2D eigenvalue weighted by Gasteiger charge is 1.97. The molecule has 0 heterocycles. The van der Waals surface area contributed by atoms with Crippen LogP contribution in [0.3, 0.4) is 0 Å². The maximum Gasteiger partial charge on any atom is 0.303 e. The second-order valence-electron chi connectivity index (χ2n) is 7.81. The third-order valence-electron chi connectivity index (χ3n) is 4.46. The smallest absolute Gasteiger partial charge is 0.303 e. The van der Waals surface area contributed by atoms with Gasteiger partial charge in [-0.3, -0.25) is 4.79 Å². The molecule has 0 radical (unpaired) electrons. The van der Waals surface area contributed by atoms with Gasteiger partial charge in [0.1, 0.15) is 0 Å². The molecule has 0 aromatic rings. The molecule has 0 aromatic heterocycles. The van der Waals surface area contributed by atoms with Gasteiger partial charge in [0.05, 0.1) is 0 Å². The molecule has 3 N–H and O–H groups in total. The van der Waals surface area contributed by atoms with Gasteiger partial charge in [0.25, 0.3) is 0 Å². The monoisotopic (exact) mass is 375 g/mol. The number of carboxylic acids is 1. The van der Waals surface area contributed by atoms with Crippen molar-refractivity contribution in [2.45, 2.75) is 130 Å². The summed E-state index contributed by atoms with van der Waals surface area (Å²) in [5.41, 5.74) is 0. The average Bonchev–Trinajstić information content (AvgIpc) is 2.62. The second-order valence-corrected chi connectivity index (χ2v) is 7.81. The van der Waals surface area contributed by atoms with Crippen LogP contribution in [-0.4, -0.2) is 29.0 Å². The highest BCUT2D eigenvalue weighted by Crippen LogP contribution is 2.14. The first-order valence-electron chi connectivity index (χ1n) is 11.4. The number of hydrogen-bond acceptors (Lipinski definition) is 3. The highest BCUT2D eigenvalue weighted by molar-refractivity contribution is 5.66. The molecule has 0 aliphatic heterocycles. The molecule has 1 atom stereocenters. The van der Waals surface area contributed by atoms with Gasteiger partial charge in [-0.05, 0) is 18.8 Å². The van der Waals surface area contributed by atoms with Crippen LogP contribution in [-0.2, 0) is 4.79 Å². The Morgan fingerprint density at radius 1 is 0.808 bits per heavy atom. The lowest BCUT2D eigenvalue weighted by molar-refractivity contribution is -0.137. The highest BCUT2D eigenvalue weighted by atomic mass is 16.5. The summed E-state index contributed by atoms with van der Waals surface area (Å²) >= 11 is 0. The van der Waals surface area contributed by atoms with Crippen molar-refractivity contribution in [2.24, 2.45) is 5.92 Å². The normalized spacial score (nSPS) is 12.4. The molecule has 0 saturated carbocycles. The van der Waals surface area contributed by atoms with Gasteiger partial charge in [0.15, 0.2) is 6.29 Å². The van der Waals surface area contributed by atoms with E-state index in [2.05, 4.69) is 19.0 Å². The molecule has 0 spiro atoms. The van der Waals surface area contributed by atoms with Crippen molar-refractivity contribution >= 4 is 5.97 Å². The molecule has 0 saturated heterocycles. The van der Waals surface area contributed by atoms with E-state index < -0.39 is 12.3 Å². The van der Waals surface area contributed by atoms with Gasteiger partial charge in [-0.15, -0.1) is 0 Å². The fourth-order valence-corrected chi connectivity index (χ4v) is 2.84. The van der Waals surface area contributed by atoms with Crippen LogP contribution in [0.5, 0.6) is 0 Å². The third-order valence-corrected chi connectivity index (χ3v) is 4.46. The van der Waals surface area contributed by atoms with E-state index in [1.807, 2.05) is 6.92 Å². The quantitative estimate of drug-likeness (QED) is 0.194. The molecule has 0 aromatic carbocycles. The van der Waals surface area contributed by atoms with E-state index in [4.69, 9.17) is 11.6 Å². The number of carboxylic acid groups (broad SMARTS) is 1. The summed E-state index contributed by atoms with van der Waals surface area (Å²) in [6, 6.07) is 0. The largest absolute Gasteiger partial charge is 0.481 e. The second kappa shape index (κ2) is 22.4. The van der Waals surface area contributed by atoms with Crippen molar-refractivity contribution in [3.05, 3.63) is 0 Å². The molecule has 0 bridgehead atoms. The zero-order valence-electron chi connectivity index (χ0n) is 18.7. The molecule has 158 valence electrons. The van der Waals surface area contributed by atoms with Crippen LogP contribution in [0.25, 0.3) is 0 Å². The SMILES string of the molecule is CC(C)CCCCCCCCCCCCCCC(=O)O.[2H]OC(O)CCC. The van der Waals surface area contributed by atoms with Gasteiger partial charge in [-0.2, -0.15) is 0 Å². The number of carbonyl (C=O) groups is 1. The number of unbranched alkanes of at least 4 members (excludes halogenated alkanes) is 11. The van der Waals surface area contributed by atoms with Gasteiger partial charge in [-0.1, -0.05) is 104 Å². The van der Waals surface area contributed by atoms with Crippen molar-refractivity contribution in [1.29, 1.82) is 1.43 Å². The zero-order valence-corrected chi connectivity index (χ0v) is 17.7. The van der Waals surface area contributed by atoms with Gasteiger partial charge in [0, 0.05) is 6.42 Å². The number of aliphatic carboxylic acids is 1. The molecule has 4 nitrogen and oxygen atoms in total. The summed E-state index contributed by atoms with van der Waals surface area (Å²) in [5.74, 6) is 0.212. The number of aliphatic hydroxyl groups is 2. The lowest BCUT2D eigenvalue weighted by Crippen LogP contribution is -2.01. The van der Waals surface area contributed by atoms with Gasteiger partial charge in [0.2, 0.25) is 1.43 Å². The van der Waals surface area contributed by atoms with Crippen LogP contribution in [0.2, 0.25) is 0 Å². The van der Waals surface area contributed by atoms with Crippen LogP contribution in [0.4, 0.5) is 0 Å².